The molecule has 0 atom stereocenters. The Morgan fingerprint density at radius 2 is 1.61 bits per heavy atom. The summed E-state index contributed by atoms with van der Waals surface area (Å²) >= 11 is 0. The Morgan fingerprint density at radius 3 is 2.39 bits per heavy atom. The normalized spacial score (nSPS) is 10.2. The third kappa shape index (κ3) is 1.74. The minimum absolute atomic E-state index is 0.701. The molecule has 0 N–H and O–H groups in total. The fraction of sp³-hybridized carbons (Fsp3) is 0. The molecule has 3 aromatic rings. The van der Waals surface area contributed by atoms with Crippen LogP contribution in [0.1, 0.15) is 5.69 Å². The summed E-state index contributed by atoms with van der Waals surface area (Å²) in [4.78, 5) is 4.55. The maximum atomic E-state index is 5.55. The zero-order valence-electron chi connectivity index (χ0n) is 9.80. The maximum absolute atomic E-state index is 5.55. The second-order valence-corrected chi connectivity index (χ2v) is 4.09. The van der Waals surface area contributed by atoms with Gasteiger partial charge in [0.05, 0.1) is 5.69 Å². The molecule has 2 aromatic carbocycles. The Balaban J connectivity index is 2.30. The predicted octanol–water partition coefficient (Wildman–Crippen LogP) is 3.88. The van der Waals surface area contributed by atoms with Crippen LogP contribution in [0.4, 0.5) is 0 Å². The highest BCUT2D eigenvalue weighted by Gasteiger charge is 2.05. The molecule has 0 unspecified atom stereocenters. The Kier molecular flexibility index (Phi) is 2.55. The van der Waals surface area contributed by atoms with Crippen LogP contribution in [0.2, 0.25) is 0 Å². The summed E-state index contributed by atoms with van der Waals surface area (Å²) in [5, 5.41) is 2.15. The average Bonchev–Trinajstić information content (AvgIpc) is 2.47. The van der Waals surface area contributed by atoms with Gasteiger partial charge in [0.2, 0.25) is 0 Å². The molecule has 84 valence electrons. The van der Waals surface area contributed by atoms with Crippen molar-refractivity contribution in [1.82, 2.24) is 4.98 Å². The van der Waals surface area contributed by atoms with Crippen LogP contribution in [0.15, 0.2) is 60.7 Å². The average molecular weight is 229 g/mol. The lowest BCUT2D eigenvalue weighted by Gasteiger charge is -2.05. The molecule has 0 spiro atoms. The molecule has 1 heterocycles. The van der Waals surface area contributed by atoms with Crippen molar-refractivity contribution < 1.29 is 0 Å². The van der Waals surface area contributed by atoms with Crippen LogP contribution < -0.4 is 0 Å². The number of pyridine rings is 1. The van der Waals surface area contributed by atoms with Gasteiger partial charge in [-0.1, -0.05) is 54.6 Å². The van der Waals surface area contributed by atoms with Crippen molar-refractivity contribution in [2.24, 2.45) is 0 Å². The van der Waals surface area contributed by atoms with Crippen LogP contribution >= 0.6 is 0 Å². The van der Waals surface area contributed by atoms with Crippen molar-refractivity contribution in [1.29, 1.82) is 0 Å². The highest BCUT2D eigenvalue weighted by Crippen LogP contribution is 2.24. The van der Waals surface area contributed by atoms with Gasteiger partial charge in [-0.2, -0.15) is 0 Å². The lowest BCUT2D eigenvalue weighted by atomic mass is 10.1. The highest BCUT2D eigenvalue weighted by molar-refractivity contribution is 5.89. The van der Waals surface area contributed by atoms with E-state index < -0.39 is 0 Å². The van der Waals surface area contributed by atoms with Crippen molar-refractivity contribution in [3.8, 4) is 23.6 Å². The zero-order chi connectivity index (χ0) is 12.4. The van der Waals surface area contributed by atoms with Crippen molar-refractivity contribution in [3.05, 3.63) is 66.4 Å². The number of hydrogen-bond donors (Lipinski definition) is 0. The molecule has 0 saturated carbocycles. The molecule has 0 aliphatic carbocycles. The smallest absolute Gasteiger partial charge is 0.121 e. The molecule has 0 aliphatic heterocycles. The van der Waals surface area contributed by atoms with Crippen molar-refractivity contribution in [2.45, 2.75) is 0 Å². The van der Waals surface area contributed by atoms with Crippen LogP contribution in [-0.2, 0) is 0 Å². The summed E-state index contributed by atoms with van der Waals surface area (Å²) in [5.74, 6) is 2.67. The number of rotatable bonds is 1. The first kappa shape index (κ1) is 10.6. The first-order chi connectivity index (χ1) is 8.88. The van der Waals surface area contributed by atoms with E-state index in [0.717, 1.165) is 22.0 Å². The standard InChI is InChI=1S/C17H11N/c1-2-16-15-11-7-6-10-14(15)12-17(18-16)13-8-4-3-5-9-13/h1,3-12H. The van der Waals surface area contributed by atoms with Crippen LogP contribution in [0.5, 0.6) is 0 Å². The Morgan fingerprint density at radius 1 is 0.889 bits per heavy atom. The van der Waals surface area contributed by atoms with E-state index in [9.17, 15) is 0 Å². The molecular formula is C17H11N. The van der Waals surface area contributed by atoms with E-state index in [-0.39, 0.29) is 0 Å². The minimum Gasteiger partial charge on any atom is -0.239 e. The van der Waals surface area contributed by atoms with E-state index in [4.69, 9.17) is 6.42 Å². The van der Waals surface area contributed by atoms with Gasteiger partial charge in [0, 0.05) is 10.9 Å². The molecule has 0 bridgehead atoms. The van der Waals surface area contributed by atoms with Crippen LogP contribution in [0.3, 0.4) is 0 Å². The number of benzene rings is 2. The van der Waals surface area contributed by atoms with E-state index in [1.54, 1.807) is 0 Å². The Bertz CT molecular complexity index is 736. The fourth-order valence-corrected chi connectivity index (χ4v) is 2.07. The van der Waals surface area contributed by atoms with Gasteiger partial charge in [-0.05, 0) is 17.4 Å². The fourth-order valence-electron chi connectivity index (χ4n) is 2.07. The van der Waals surface area contributed by atoms with E-state index in [1.165, 1.54) is 0 Å². The summed E-state index contributed by atoms with van der Waals surface area (Å²) in [6, 6.07) is 20.2. The van der Waals surface area contributed by atoms with E-state index in [2.05, 4.69) is 23.0 Å². The topological polar surface area (TPSA) is 12.9 Å². The second-order valence-electron chi connectivity index (χ2n) is 4.09. The van der Waals surface area contributed by atoms with Gasteiger partial charge in [-0.25, -0.2) is 4.98 Å². The van der Waals surface area contributed by atoms with Crippen molar-refractivity contribution >= 4 is 10.8 Å². The quantitative estimate of drug-likeness (QED) is 0.577. The molecule has 0 aliphatic rings. The van der Waals surface area contributed by atoms with Gasteiger partial charge in [0.25, 0.3) is 0 Å². The van der Waals surface area contributed by atoms with Crippen molar-refractivity contribution in [2.75, 3.05) is 0 Å². The lowest BCUT2D eigenvalue weighted by molar-refractivity contribution is 1.32. The van der Waals surface area contributed by atoms with Gasteiger partial charge >= 0.3 is 0 Å². The summed E-state index contributed by atoms with van der Waals surface area (Å²) in [6.07, 6.45) is 5.55. The molecule has 0 saturated heterocycles. The Hall–Kier alpha value is -2.59. The molecule has 18 heavy (non-hydrogen) atoms. The minimum atomic E-state index is 0.701. The number of aromatic nitrogens is 1. The third-order valence-corrected chi connectivity index (χ3v) is 2.95. The van der Waals surface area contributed by atoms with E-state index >= 15 is 0 Å². The lowest BCUT2D eigenvalue weighted by Crippen LogP contribution is -1.90. The van der Waals surface area contributed by atoms with Gasteiger partial charge in [-0.3, -0.25) is 0 Å². The molecule has 1 nitrogen and oxygen atoms in total. The summed E-state index contributed by atoms with van der Waals surface area (Å²) in [6.45, 7) is 0. The third-order valence-electron chi connectivity index (χ3n) is 2.95. The molecular weight excluding hydrogens is 218 g/mol. The summed E-state index contributed by atoms with van der Waals surface area (Å²) in [5.41, 5.74) is 2.70. The maximum Gasteiger partial charge on any atom is 0.121 e. The number of nitrogens with zero attached hydrogens (tertiary/aromatic N) is 1. The van der Waals surface area contributed by atoms with Gasteiger partial charge in [0.15, 0.2) is 0 Å². The molecule has 1 heteroatoms. The first-order valence-electron chi connectivity index (χ1n) is 5.80. The molecule has 0 radical (unpaired) electrons. The molecule has 1 aromatic heterocycles. The second kappa shape index (κ2) is 4.35. The molecule has 0 fully saturated rings. The summed E-state index contributed by atoms with van der Waals surface area (Å²) in [7, 11) is 0. The van der Waals surface area contributed by atoms with Crippen LogP contribution in [0, 0.1) is 12.3 Å². The van der Waals surface area contributed by atoms with Crippen LogP contribution in [0.25, 0.3) is 22.0 Å². The predicted molar refractivity (Wildman–Crippen MR) is 75.1 cm³/mol. The number of fused-ring (bicyclic) bond motifs is 1. The first-order valence-corrected chi connectivity index (χ1v) is 5.80. The zero-order valence-corrected chi connectivity index (χ0v) is 9.80. The van der Waals surface area contributed by atoms with E-state index in [1.807, 2.05) is 48.5 Å². The largest absolute Gasteiger partial charge is 0.239 e. The highest BCUT2D eigenvalue weighted by atomic mass is 14.7. The van der Waals surface area contributed by atoms with Gasteiger partial charge in [-0.15, -0.1) is 6.42 Å². The van der Waals surface area contributed by atoms with Gasteiger partial charge < -0.3 is 0 Å². The van der Waals surface area contributed by atoms with Gasteiger partial charge in [0.1, 0.15) is 5.69 Å². The SMILES string of the molecule is C#Cc1nc(-c2ccccc2)cc2ccccc12. The molecule has 3 rings (SSSR count). The van der Waals surface area contributed by atoms with Crippen LogP contribution in [-0.4, -0.2) is 4.98 Å². The monoisotopic (exact) mass is 229 g/mol. The Labute approximate surface area is 106 Å². The summed E-state index contributed by atoms with van der Waals surface area (Å²) < 4.78 is 0. The molecule has 0 amide bonds. The number of hydrogen-bond acceptors (Lipinski definition) is 1. The van der Waals surface area contributed by atoms with Crippen molar-refractivity contribution in [3.63, 3.8) is 0 Å². The number of terminal acetylenes is 1. The van der Waals surface area contributed by atoms with E-state index in [0.29, 0.717) is 5.69 Å².